The van der Waals surface area contributed by atoms with Gasteiger partial charge in [0.25, 0.3) is 5.91 Å². The SMILES string of the molecule is CN(C)c1ccc(CN(CC2CCCO2)C(=O)c2sc3cc(Cl)ccc3c2Cl)cc1. The first-order valence-corrected chi connectivity index (χ1v) is 11.5. The third kappa shape index (κ3) is 4.59. The van der Waals surface area contributed by atoms with E-state index in [4.69, 9.17) is 27.9 Å². The highest BCUT2D eigenvalue weighted by molar-refractivity contribution is 7.21. The lowest BCUT2D eigenvalue weighted by Crippen LogP contribution is -2.36. The van der Waals surface area contributed by atoms with Gasteiger partial charge in [-0.2, -0.15) is 0 Å². The first kappa shape index (κ1) is 21.4. The Morgan fingerprint density at radius 3 is 2.60 bits per heavy atom. The second kappa shape index (κ2) is 9.15. The summed E-state index contributed by atoms with van der Waals surface area (Å²) in [6.45, 7) is 1.82. The van der Waals surface area contributed by atoms with Crippen LogP contribution in [0, 0.1) is 0 Å². The molecule has 1 fully saturated rings. The Bertz CT molecular complexity index is 1040. The van der Waals surface area contributed by atoms with Gasteiger partial charge >= 0.3 is 0 Å². The molecule has 0 saturated carbocycles. The highest BCUT2D eigenvalue weighted by Gasteiger charge is 2.27. The van der Waals surface area contributed by atoms with Crippen LogP contribution in [0.5, 0.6) is 0 Å². The van der Waals surface area contributed by atoms with Crippen molar-refractivity contribution in [1.82, 2.24) is 4.90 Å². The Balaban J connectivity index is 1.63. The van der Waals surface area contributed by atoms with E-state index in [2.05, 4.69) is 29.2 Å². The van der Waals surface area contributed by atoms with Gasteiger partial charge in [-0.15, -0.1) is 11.3 Å². The maximum absolute atomic E-state index is 13.5. The summed E-state index contributed by atoms with van der Waals surface area (Å²) in [6, 6.07) is 13.8. The summed E-state index contributed by atoms with van der Waals surface area (Å²) < 4.78 is 6.73. The lowest BCUT2D eigenvalue weighted by molar-refractivity contribution is 0.0511. The van der Waals surface area contributed by atoms with Crippen LogP contribution >= 0.6 is 34.5 Å². The van der Waals surface area contributed by atoms with Gasteiger partial charge in [0, 0.05) is 54.6 Å². The van der Waals surface area contributed by atoms with Crippen molar-refractivity contribution < 1.29 is 9.53 Å². The molecule has 0 N–H and O–H groups in total. The third-order valence-corrected chi connectivity index (χ3v) is 7.23. The van der Waals surface area contributed by atoms with Crippen molar-refractivity contribution in [2.75, 3.05) is 32.1 Å². The number of benzene rings is 2. The molecule has 1 atom stereocenters. The van der Waals surface area contributed by atoms with Crippen molar-refractivity contribution in [1.29, 1.82) is 0 Å². The minimum Gasteiger partial charge on any atom is -0.378 e. The maximum Gasteiger partial charge on any atom is 0.265 e. The first-order chi connectivity index (χ1) is 14.4. The van der Waals surface area contributed by atoms with Crippen LogP contribution in [0.25, 0.3) is 10.1 Å². The molecule has 1 unspecified atom stereocenters. The zero-order valence-electron chi connectivity index (χ0n) is 17.0. The van der Waals surface area contributed by atoms with Crippen LogP contribution in [0.1, 0.15) is 28.1 Å². The van der Waals surface area contributed by atoms with Crippen LogP contribution < -0.4 is 4.90 Å². The highest BCUT2D eigenvalue weighted by atomic mass is 35.5. The van der Waals surface area contributed by atoms with E-state index in [1.54, 1.807) is 6.07 Å². The monoisotopic (exact) mass is 462 g/mol. The molecule has 2 aromatic carbocycles. The third-order valence-electron chi connectivity index (χ3n) is 5.35. The average molecular weight is 463 g/mol. The first-order valence-electron chi connectivity index (χ1n) is 9.97. The van der Waals surface area contributed by atoms with E-state index >= 15 is 0 Å². The Morgan fingerprint density at radius 1 is 1.17 bits per heavy atom. The summed E-state index contributed by atoms with van der Waals surface area (Å²) >= 11 is 14.1. The van der Waals surface area contributed by atoms with E-state index in [-0.39, 0.29) is 12.0 Å². The number of ether oxygens (including phenoxy) is 1. The molecular formula is C23H24Cl2N2O2S. The number of carbonyl (C=O) groups excluding carboxylic acids is 1. The van der Waals surface area contributed by atoms with E-state index in [1.165, 1.54) is 11.3 Å². The van der Waals surface area contributed by atoms with Crippen molar-refractivity contribution >= 4 is 56.2 Å². The zero-order chi connectivity index (χ0) is 21.3. The number of nitrogens with zero attached hydrogens (tertiary/aromatic N) is 2. The molecule has 2 heterocycles. The number of thiophene rings is 1. The Labute approximate surface area is 190 Å². The highest BCUT2D eigenvalue weighted by Crippen LogP contribution is 2.37. The minimum atomic E-state index is -0.0653. The van der Waals surface area contributed by atoms with Crippen LogP contribution in [-0.4, -0.2) is 44.2 Å². The number of hydrogen-bond acceptors (Lipinski definition) is 4. The van der Waals surface area contributed by atoms with E-state index in [1.807, 2.05) is 31.1 Å². The van der Waals surface area contributed by atoms with E-state index in [0.29, 0.717) is 28.0 Å². The fourth-order valence-corrected chi connectivity index (χ4v) is 5.45. The summed E-state index contributed by atoms with van der Waals surface area (Å²) in [4.78, 5) is 18.0. The lowest BCUT2D eigenvalue weighted by Gasteiger charge is -2.25. The fraction of sp³-hybridized carbons (Fsp3) is 0.348. The maximum atomic E-state index is 13.5. The quantitative estimate of drug-likeness (QED) is 0.443. The summed E-state index contributed by atoms with van der Waals surface area (Å²) in [6.07, 6.45) is 2.07. The molecule has 1 aliphatic rings. The largest absolute Gasteiger partial charge is 0.378 e. The molecule has 158 valence electrons. The smallest absolute Gasteiger partial charge is 0.265 e. The molecule has 4 nitrogen and oxygen atoms in total. The second-order valence-corrected chi connectivity index (χ2v) is 9.63. The van der Waals surface area contributed by atoms with Crippen molar-refractivity contribution in [3.8, 4) is 0 Å². The number of carbonyl (C=O) groups is 1. The standard InChI is InChI=1S/C23H24Cl2N2O2S/c1-26(2)17-8-5-15(6-9-17)13-27(14-18-4-3-11-29-18)23(28)22-21(25)19-10-7-16(24)12-20(19)30-22/h5-10,12,18H,3-4,11,13-14H2,1-2H3. The zero-order valence-corrected chi connectivity index (χ0v) is 19.4. The van der Waals surface area contributed by atoms with Gasteiger partial charge in [-0.25, -0.2) is 0 Å². The molecular weight excluding hydrogens is 439 g/mol. The number of hydrogen-bond donors (Lipinski definition) is 0. The summed E-state index contributed by atoms with van der Waals surface area (Å²) in [7, 11) is 4.02. The predicted octanol–water partition coefficient (Wildman–Crippen LogP) is 6.10. The molecule has 0 aliphatic carbocycles. The number of anilines is 1. The van der Waals surface area contributed by atoms with E-state index in [9.17, 15) is 4.79 Å². The number of rotatable bonds is 6. The van der Waals surface area contributed by atoms with Crippen molar-refractivity contribution in [3.63, 3.8) is 0 Å². The lowest BCUT2D eigenvalue weighted by atomic mass is 10.1. The van der Waals surface area contributed by atoms with Crippen molar-refractivity contribution in [3.05, 3.63) is 63.0 Å². The van der Waals surface area contributed by atoms with Gasteiger partial charge in [0.15, 0.2) is 0 Å². The Hall–Kier alpha value is -1.79. The van der Waals surface area contributed by atoms with Crippen LogP contribution in [0.15, 0.2) is 42.5 Å². The molecule has 30 heavy (non-hydrogen) atoms. The molecule has 0 spiro atoms. The molecule has 7 heteroatoms. The molecule has 0 bridgehead atoms. The number of amides is 1. The minimum absolute atomic E-state index is 0.0653. The molecule has 1 amide bonds. The van der Waals surface area contributed by atoms with Gasteiger partial charge in [0.05, 0.1) is 11.1 Å². The van der Waals surface area contributed by atoms with Crippen molar-refractivity contribution in [2.24, 2.45) is 0 Å². The topological polar surface area (TPSA) is 32.8 Å². The molecule has 1 aromatic heterocycles. The van der Waals surface area contributed by atoms with Gasteiger partial charge < -0.3 is 14.5 Å². The Morgan fingerprint density at radius 2 is 1.93 bits per heavy atom. The summed E-state index contributed by atoms with van der Waals surface area (Å²) in [5.74, 6) is -0.0653. The average Bonchev–Trinajstić information content (AvgIpc) is 3.35. The number of fused-ring (bicyclic) bond motifs is 1. The van der Waals surface area contributed by atoms with Crippen LogP contribution in [0.4, 0.5) is 5.69 Å². The molecule has 1 aliphatic heterocycles. The summed E-state index contributed by atoms with van der Waals surface area (Å²) in [5.41, 5.74) is 2.20. The van der Waals surface area contributed by atoms with E-state index < -0.39 is 0 Å². The molecule has 3 aromatic rings. The van der Waals surface area contributed by atoms with E-state index in [0.717, 1.165) is 40.8 Å². The van der Waals surface area contributed by atoms with Gasteiger partial charge in [0.1, 0.15) is 4.88 Å². The van der Waals surface area contributed by atoms with Crippen LogP contribution in [0.3, 0.4) is 0 Å². The van der Waals surface area contributed by atoms with Gasteiger partial charge in [0.2, 0.25) is 0 Å². The normalized spacial score (nSPS) is 16.2. The van der Waals surface area contributed by atoms with Gasteiger partial charge in [-0.05, 0) is 42.7 Å². The van der Waals surface area contributed by atoms with Gasteiger partial charge in [-0.1, -0.05) is 41.4 Å². The van der Waals surface area contributed by atoms with Crippen LogP contribution in [0.2, 0.25) is 10.0 Å². The molecule has 1 saturated heterocycles. The molecule has 4 rings (SSSR count). The van der Waals surface area contributed by atoms with Crippen LogP contribution in [-0.2, 0) is 11.3 Å². The van der Waals surface area contributed by atoms with Gasteiger partial charge in [-0.3, -0.25) is 4.79 Å². The Kier molecular flexibility index (Phi) is 6.54. The second-order valence-electron chi connectivity index (χ2n) is 7.77. The summed E-state index contributed by atoms with van der Waals surface area (Å²) in [5, 5.41) is 2.00. The fourth-order valence-electron chi connectivity index (χ4n) is 3.69. The number of halogens is 2. The van der Waals surface area contributed by atoms with Crippen molar-refractivity contribution in [2.45, 2.75) is 25.5 Å². The molecule has 0 radical (unpaired) electrons. The predicted molar refractivity (Wildman–Crippen MR) is 126 cm³/mol.